The summed E-state index contributed by atoms with van der Waals surface area (Å²) in [6, 6.07) is 11.2. The standard InChI is InChI=1S/C23H20BrFN4O3/c24-14-6-7-16(15(25)10-14)27-17-11-20(30)29-9-3-4-18(29)21(17)22(31)28-12-23(32,13-28)19-5-1-2-8-26-19/h1-2,5-8,10-11,27,32H,3-4,9,12-13H2. The van der Waals surface area contributed by atoms with E-state index in [1.807, 2.05) is 0 Å². The number of fused-ring (bicyclic) bond motifs is 1. The lowest BCUT2D eigenvalue weighted by atomic mass is 9.89. The lowest BCUT2D eigenvalue weighted by Gasteiger charge is -2.46. The molecule has 9 heteroatoms. The molecule has 0 unspecified atom stereocenters. The molecule has 0 aliphatic carbocycles. The van der Waals surface area contributed by atoms with Gasteiger partial charge >= 0.3 is 0 Å². The molecule has 2 aromatic heterocycles. The highest BCUT2D eigenvalue weighted by atomic mass is 79.9. The number of carbonyl (C=O) groups excluding carboxylic acids is 1. The van der Waals surface area contributed by atoms with Gasteiger partial charge < -0.3 is 19.9 Å². The number of benzene rings is 1. The molecule has 32 heavy (non-hydrogen) atoms. The molecule has 4 heterocycles. The van der Waals surface area contributed by atoms with Crippen LogP contribution in [0.5, 0.6) is 0 Å². The fraction of sp³-hybridized carbons (Fsp3) is 0.261. The van der Waals surface area contributed by atoms with Crippen LogP contribution < -0.4 is 10.9 Å². The molecule has 0 radical (unpaired) electrons. The van der Waals surface area contributed by atoms with E-state index in [9.17, 15) is 19.1 Å². The summed E-state index contributed by atoms with van der Waals surface area (Å²) in [5.74, 6) is -0.817. The van der Waals surface area contributed by atoms with E-state index in [2.05, 4.69) is 26.2 Å². The van der Waals surface area contributed by atoms with Crippen molar-refractivity contribution in [1.82, 2.24) is 14.5 Å². The van der Waals surface area contributed by atoms with Crippen molar-refractivity contribution in [2.75, 3.05) is 18.4 Å². The third-order valence-corrected chi connectivity index (χ3v) is 6.45. The van der Waals surface area contributed by atoms with Crippen LogP contribution in [0.4, 0.5) is 15.8 Å². The van der Waals surface area contributed by atoms with Gasteiger partial charge in [0, 0.05) is 29.0 Å². The van der Waals surface area contributed by atoms with Crippen molar-refractivity contribution in [2.45, 2.75) is 25.0 Å². The van der Waals surface area contributed by atoms with E-state index >= 15 is 0 Å². The lowest BCUT2D eigenvalue weighted by molar-refractivity contribution is -0.0892. The van der Waals surface area contributed by atoms with Gasteiger partial charge in [0.05, 0.1) is 35.7 Å². The molecular weight excluding hydrogens is 479 g/mol. The minimum absolute atomic E-state index is 0.0908. The zero-order chi connectivity index (χ0) is 22.5. The smallest absolute Gasteiger partial charge is 0.257 e. The number of amides is 1. The summed E-state index contributed by atoms with van der Waals surface area (Å²) in [5.41, 5.74) is 0.470. The fourth-order valence-corrected chi connectivity index (χ4v) is 4.70. The van der Waals surface area contributed by atoms with E-state index in [1.165, 1.54) is 17.0 Å². The molecule has 164 valence electrons. The number of pyridine rings is 2. The minimum Gasteiger partial charge on any atom is -0.380 e. The van der Waals surface area contributed by atoms with Crippen LogP contribution in [-0.2, 0) is 18.6 Å². The van der Waals surface area contributed by atoms with Crippen LogP contribution in [-0.4, -0.2) is 38.6 Å². The Morgan fingerprint density at radius 1 is 1.19 bits per heavy atom. The summed E-state index contributed by atoms with van der Waals surface area (Å²) in [5, 5.41) is 13.8. The van der Waals surface area contributed by atoms with Crippen molar-refractivity contribution < 1.29 is 14.3 Å². The monoisotopic (exact) mass is 498 g/mol. The number of β-amino-alcohol motifs (C(OH)–C–C–N with tert-alkyl or cyclic N) is 1. The van der Waals surface area contributed by atoms with Gasteiger partial charge in [-0.2, -0.15) is 0 Å². The van der Waals surface area contributed by atoms with Crippen LogP contribution >= 0.6 is 15.9 Å². The predicted octanol–water partition coefficient (Wildman–Crippen LogP) is 3.18. The summed E-state index contributed by atoms with van der Waals surface area (Å²) in [7, 11) is 0. The quantitative estimate of drug-likeness (QED) is 0.576. The van der Waals surface area contributed by atoms with Crippen LogP contribution in [0.1, 0.15) is 28.2 Å². The Kier molecular flexibility index (Phi) is 5.10. The zero-order valence-electron chi connectivity index (χ0n) is 17.0. The first-order valence-corrected chi connectivity index (χ1v) is 11.1. The normalized spacial score (nSPS) is 16.4. The molecule has 0 atom stereocenters. The number of carbonyl (C=O) groups is 1. The number of rotatable bonds is 4. The van der Waals surface area contributed by atoms with Crippen molar-refractivity contribution in [1.29, 1.82) is 0 Å². The number of likely N-dealkylation sites (tertiary alicyclic amines) is 1. The van der Waals surface area contributed by atoms with E-state index in [0.717, 1.165) is 6.42 Å². The maximum Gasteiger partial charge on any atom is 0.257 e. The summed E-state index contributed by atoms with van der Waals surface area (Å²) < 4.78 is 16.6. The SMILES string of the molecule is O=C(c1c(Nc2ccc(Br)cc2F)cc(=O)n2c1CCC2)N1CC(O)(c2ccccn2)C1. The number of anilines is 2. The Hall–Kier alpha value is -3.04. The molecule has 1 amide bonds. The average molecular weight is 499 g/mol. The Balaban J connectivity index is 1.50. The first-order valence-electron chi connectivity index (χ1n) is 10.3. The summed E-state index contributed by atoms with van der Waals surface area (Å²) >= 11 is 3.23. The Morgan fingerprint density at radius 2 is 2.00 bits per heavy atom. The first-order chi connectivity index (χ1) is 15.4. The highest BCUT2D eigenvalue weighted by Crippen LogP contribution is 2.35. The number of nitrogens with one attached hydrogen (secondary N) is 1. The Bertz CT molecular complexity index is 1270. The summed E-state index contributed by atoms with van der Waals surface area (Å²) in [6.45, 7) is 0.722. The highest BCUT2D eigenvalue weighted by molar-refractivity contribution is 9.10. The van der Waals surface area contributed by atoms with Gasteiger partial charge in [-0.15, -0.1) is 0 Å². The van der Waals surface area contributed by atoms with Gasteiger partial charge in [-0.25, -0.2) is 4.39 Å². The van der Waals surface area contributed by atoms with Gasteiger partial charge in [-0.1, -0.05) is 22.0 Å². The molecule has 5 rings (SSSR count). The van der Waals surface area contributed by atoms with E-state index in [0.29, 0.717) is 34.4 Å². The molecule has 2 aliphatic heterocycles. The van der Waals surface area contributed by atoms with Crippen LogP contribution in [0.15, 0.2) is 57.9 Å². The maximum absolute atomic E-state index is 14.5. The second kappa shape index (κ2) is 7.83. The van der Waals surface area contributed by atoms with E-state index in [4.69, 9.17) is 0 Å². The minimum atomic E-state index is -1.21. The van der Waals surface area contributed by atoms with Crippen LogP contribution in [0.3, 0.4) is 0 Å². The van der Waals surface area contributed by atoms with Crippen LogP contribution in [0.2, 0.25) is 0 Å². The van der Waals surface area contributed by atoms with Crippen molar-refractivity contribution in [3.05, 3.63) is 86.3 Å². The molecule has 7 nitrogen and oxygen atoms in total. The number of aliphatic hydroxyl groups is 1. The number of nitrogens with zero attached hydrogens (tertiary/aromatic N) is 3. The Labute approximate surface area is 191 Å². The second-order valence-electron chi connectivity index (χ2n) is 8.13. The van der Waals surface area contributed by atoms with Crippen molar-refractivity contribution in [3.63, 3.8) is 0 Å². The van der Waals surface area contributed by atoms with Gasteiger partial charge in [0.15, 0.2) is 0 Å². The number of hydrogen-bond donors (Lipinski definition) is 2. The third-order valence-electron chi connectivity index (χ3n) is 5.96. The van der Waals surface area contributed by atoms with Crippen molar-refractivity contribution in [2.24, 2.45) is 0 Å². The molecular formula is C23H20BrFN4O3. The van der Waals surface area contributed by atoms with Gasteiger partial charge in [0.2, 0.25) is 0 Å². The average Bonchev–Trinajstić information content (AvgIpc) is 3.24. The third kappa shape index (κ3) is 3.51. The maximum atomic E-state index is 14.5. The molecule has 2 N–H and O–H groups in total. The van der Waals surface area contributed by atoms with Crippen molar-refractivity contribution >= 4 is 33.2 Å². The molecule has 1 aromatic carbocycles. The molecule has 1 fully saturated rings. The predicted molar refractivity (Wildman–Crippen MR) is 120 cm³/mol. The zero-order valence-corrected chi connectivity index (χ0v) is 18.6. The van der Waals surface area contributed by atoms with Crippen LogP contribution in [0.25, 0.3) is 0 Å². The molecule has 0 bridgehead atoms. The topological polar surface area (TPSA) is 87.5 Å². The molecule has 0 spiro atoms. The number of hydrogen-bond acceptors (Lipinski definition) is 5. The fourth-order valence-electron chi connectivity index (χ4n) is 4.37. The molecule has 2 aliphatic rings. The van der Waals surface area contributed by atoms with E-state index < -0.39 is 11.4 Å². The molecule has 3 aromatic rings. The van der Waals surface area contributed by atoms with Gasteiger partial charge in [-0.3, -0.25) is 14.6 Å². The van der Waals surface area contributed by atoms with Gasteiger partial charge in [0.25, 0.3) is 11.5 Å². The van der Waals surface area contributed by atoms with Gasteiger partial charge in [0.1, 0.15) is 11.4 Å². The largest absolute Gasteiger partial charge is 0.380 e. The van der Waals surface area contributed by atoms with E-state index in [1.54, 1.807) is 41.1 Å². The van der Waals surface area contributed by atoms with Gasteiger partial charge in [-0.05, 0) is 43.2 Å². The highest BCUT2D eigenvalue weighted by Gasteiger charge is 2.47. The number of aromatic nitrogens is 2. The van der Waals surface area contributed by atoms with Crippen molar-refractivity contribution in [3.8, 4) is 0 Å². The summed E-state index contributed by atoms with van der Waals surface area (Å²) in [4.78, 5) is 31.9. The second-order valence-corrected chi connectivity index (χ2v) is 9.05. The summed E-state index contributed by atoms with van der Waals surface area (Å²) in [6.07, 6.45) is 2.93. The van der Waals surface area contributed by atoms with E-state index in [-0.39, 0.29) is 35.9 Å². The Morgan fingerprint density at radius 3 is 2.72 bits per heavy atom. The molecule has 1 saturated heterocycles. The lowest BCUT2D eigenvalue weighted by Crippen LogP contribution is -2.61. The first kappa shape index (κ1) is 20.8. The van der Waals surface area contributed by atoms with Crippen LogP contribution in [0, 0.1) is 5.82 Å². The number of halogens is 2. The molecule has 0 saturated carbocycles.